The highest BCUT2D eigenvalue weighted by Gasteiger charge is 2.39. The predicted octanol–water partition coefficient (Wildman–Crippen LogP) is 3.19. The van der Waals surface area contributed by atoms with Crippen molar-refractivity contribution in [3.63, 3.8) is 0 Å². The Morgan fingerprint density at radius 3 is 2.36 bits per heavy atom. The van der Waals surface area contributed by atoms with Crippen LogP contribution in [-0.4, -0.2) is 68.2 Å². The molecule has 0 aliphatic carbocycles. The summed E-state index contributed by atoms with van der Waals surface area (Å²) in [6.07, 6.45) is -12.7. The van der Waals surface area contributed by atoms with Gasteiger partial charge in [0.1, 0.15) is 6.54 Å². The van der Waals surface area contributed by atoms with E-state index < -0.39 is 60.8 Å². The minimum atomic E-state index is -5.06. The van der Waals surface area contributed by atoms with E-state index >= 15 is 0 Å². The number of hydrogen-bond donors (Lipinski definition) is 3. The van der Waals surface area contributed by atoms with Gasteiger partial charge in [-0.15, -0.1) is 5.10 Å². The molecule has 2 heterocycles. The van der Waals surface area contributed by atoms with E-state index in [0.29, 0.717) is 9.25 Å². The monoisotopic (exact) mass is 620 g/mol. The average Bonchev–Trinajstić information content (AvgIpc) is 3.45. The van der Waals surface area contributed by atoms with Crippen LogP contribution in [0.2, 0.25) is 5.02 Å². The molecular formula is C25H23ClF6N6O4. The first-order chi connectivity index (χ1) is 19.6. The predicted molar refractivity (Wildman–Crippen MR) is 136 cm³/mol. The molecule has 1 saturated heterocycles. The molecule has 0 saturated carbocycles. The topological polar surface area (TPSA) is 121 Å². The fourth-order valence-corrected chi connectivity index (χ4v) is 4.37. The van der Waals surface area contributed by atoms with E-state index in [2.05, 4.69) is 15.7 Å². The summed E-state index contributed by atoms with van der Waals surface area (Å²) in [6, 6.07) is 8.01. The third-order valence-corrected chi connectivity index (χ3v) is 6.60. The molecule has 1 unspecified atom stereocenters. The number of aromatic nitrogens is 3. The third kappa shape index (κ3) is 7.23. The molecule has 0 spiro atoms. The normalized spacial score (nSPS) is 15.4. The first-order valence-electron chi connectivity index (χ1n) is 12.3. The van der Waals surface area contributed by atoms with Gasteiger partial charge in [0, 0.05) is 30.2 Å². The molecule has 1 aromatic heterocycles. The van der Waals surface area contributed by atoms with Crippen molar-refractivity contribution in [1.29, 1.82) is 0 Å². The second-order valence-electron chi connectivity index (χ2n) is 9.36. The molecule has 1 fully saturated rings. The molecule has 3 aromatic rings. The zero-order valence-electron chi connectivity index (χ0n) is 21.4. The number of amides is 3. The Hall–Kier alpha value is -4.05. The second kappa shape index (κ2) is 12.1. The molecule has 3 amide bonds. The van der Waals surface area contributed by atoms with E-state index in [0.717, 1.165) is 18.2 Å². The number of nitrogens with one attached hydrogen (secondary N) is 2. The molecule has 10 nitrogen and oxygen atoms in total. The van der Waals surface area contributed by atoms with Gasteiger partial charge in [-0.2, -0.15) is 26.3 Å². The van der Waals surface area contributed by atoms with Gasteiger partial charge < -0.3 is 20.6 Å². The number of carbonyl (C=O) groups excluding carboxylic acids is 2. The molecule has 0 bridgehead atoms. The van der Waals surface area contributed by atoms with Crippen LogP contribution in [0.1, 0.15) is 17.2 Å². The number of rotatable bonds is 9. The van der Waals surface area contributed by atoms with Crippen molar-refractivity contribution in [3.05, 3.63) is 75.2 Å². The molecule has 3 N–H and O–H groups in total. The van der Waals surface area contributed by atoms with Crippen molar-refractivity contribution in [1.82, 2.24) is 29.9 Å². The van der Waals surface area contributed by atoms with Gasteiger partial charge >= 0.3 is 24.1 Å². The first kappa shape index (κ1) is 30.9. The van der Waals surface area contributed by atoms with Crippen LogP contribution in [0.15, 0.2) is 53.3 Å². The number of urea groups is 1. The average molecular weight is 621 g/mol. The van der Waals surface area contributed by atoms with Gasteiger partial charge in [-0.05, 0) is 42.0 Å². The summed E-state index contributed by atoms with van der Waals surface area (Å²) < 4.78 is 80.5. The summed E-state index contributed by atoms with van der Waals surface area (Å²) in [4.78, 5) is 39.5. The summed E-state index contributed by atoms with van der Waals surface area (Å²) in [5.74, 6) is -1.22. The first-order valence-corrected chi connectivity index (χ1v) is 12.7. The zero-order valence-corrected chi connectivity index (χ0v) is 22.2. The Bertz CT molecular complexity index is 1500. The molecule has 1 aliphatic heterocycles. The number of halogens is 7. The summed E-state index contributed by atoms with van der Waals surface area (Å²) in [5, 5.41) is 18.9. The minimum absolute atomic E-state index is 0.0194. The Labute approximate surface area is 238 Å². The highest BCUT2D eigenvalue weighted by molar-refractivity contribution is 6.30. The quantitative estimate of drug-likeness (QED) is 0.318. The number of aliphatic hydroxyl groups excluding tert-OH is 1. The lowest BCUT2D eigenvalue weighted by Crippen LogP contribution is -2.42. The van der Waals surface area contributed by atoms with Crippen molar-refractivity contribution in [2.75, 3.05) is 19.6 Å². The van der Waals surface area contributed by atoms with Gasteiger partial charge in [-0.25, -0.2) is 14.3 Å². The van der Waals surface area contributed by atoms with Gasteiger partial charge in [0.15, 0.2) is 11.9 Å². The smallest absolute Gasteiger partial charge is 0.382 e. The van der Waals surface area contributed by atoms with Gasteiger partial charge in [-0.3, -0.25) is 9.36 Å². The fourth-order valence-electron chi connectivity index (χ4n) is 4.25. The Kier molecular flexibility index (Phi) is 8.87. The second-order valence-corrected chi connectivity index (χ2v) is 9.80. The van der Waals surface area contributed by atoms with Crippen molar-refractivity contribution in [3.8, 4) is 11.4 Å². The van der Waals surface area contributed by atoms with Crippen LogP contribution in [0.5, 0.6) is 0 Å². The lowest BCUT2D eigenvalue weighted by Gasteiger charge is -2.25. The number of carbonyl (C=O) groups is 2. The van der Waals surface area contributed by atoms with Gasteiger partial charge in [0.05, 0.1) is 18.2 Å². The van der Waals surface area contributed by atoms with Crippen LogP contribution in [0.3, 0.4) is 0 Å². The van der Waals surface area contributed by atoms with Crippen LogP contribution in [-0.2, 0) is 24.1 Å². The van der Waals surface area contributed by atoms with E-state index in [1.807, 2.05) is 0 Å². The standard InChI is InChI=1S/C25H23ClF6N6O4/c26-17-6-4-14(5-7-17)21-35-38(23(42)37(21)12-19(39)25(30,31)32)13-20(40)34-18(11-36-9-8-33-22(36)41)15-2-1-3-16(10-15)24(27,28)29/h1-7,10,18-19,39H,8-9,11-13H2,(H,33,41)(H,34,40)/t18?,19-/m0/s1. The fraction of sp³-hybridized carbons (Fsp3) is 0.360. The van der Waals surface area contributed by atoms with Crippen LogP contribution < -0.4 is 16.3 Å². The number of benzene rings is 2. The maximum atomic E-state index is 13.4. The number of nitrogens with zero attached hydrogens (tertiary/aromatic N) is 4. The maximum Gasteiger partial charge on any atom is 0.416 e. The minimum Gasteiger partial charge on any atom is -0.382 e. The van der Waals surface area contributed by atoms with Crippen LogP contribution in [0.4, 0.5) is 31.1 Å². The summed E-state index contributed by atoms with van der Waals surface area (Å²) in [5.41, 5.74) is -1.97. The number of alkyl halides is 6. The molecule has 42 heavy (non-hydrogen) atoms. The molecule has 226 valence electrons. The highest BCUT2D eigenvalue weighted by Crippen LogP contribution is 2.31. The Morgan fingerprint density at radius 2 is 1.76 bits per heavy atom. The van der Waals surface area contributed by atoms with E-state index in [9.17, 15) is 45.8 Å². The molecule has 2 atom stereocenters. The third-order valence-electron chi connectivity index (χ3n) is 6.35. The molecule has 17 heteroatoms. The molecule has 1 aliphatic rings. The van der Waals surface area contributed by atoms with Crippen molar-refractivity contribution >= 4 is 23.5 Å². The molecule has 2 aromatic carbocycles. The molecule has 0 radical (unpaired) electrons. The maximum absolute atomic E-state index is 13.4. The highest BCUT2D eigenvalue weighted by atomic mass is 35.5. The van der Waals surface area contributed by atoms with E-state index in [4.69, 9.17) is 11.6 Å². The van der Waals surface area contributed by atoms with Crippen molar-refractivity contribution in [2.24, 2.45) is 0 Å². The Balaban J connectivity index is 1.64. The lowest BCUT2D eigenvalue weighted by atomic mass is 10.0. The largest absolute Gasteiger partial charge is 0.416 e. The van der Waals surface area contributed by atoms with E-state index in [1.54, 1.807) is 0 Å². The SMILES string of the molecule is O=C(Cn1nc(-c2ccc(Cl)cc2)n(C[C@H](O)C(F)(F)F)c1=O)NC(CN1CCNC1=O)c1cccc(C(F)(F)F)c1. The van der Waals surface area contributed by atoms with Gasteiger partial charge in [0.2, 0.25) is 5.91 Å². The van der Waals surface area contributed by atoms with Crippen LogP contribution in [0, 0.1) is 0 Å². The summed E-state index contributed by atoms with van der Waals surface area (Å²) in [6.45, 7) is -1.77. The number of hydrogen-bond acceptors (Lipinski definition) is 5. The molecular weight excluding hydrogens is 598 g/mol. The molecule has 4 rings (SSSR count). The van der Waals surface area contributed by atoms with Gasteiger partial charge in [0.25, 0.3) is 0 Å². The van der Waals surface area contributed by atoms with Gasteiger partial charge in [-0.1, -0.05) is 23.7 Å². The summed E-state index contributed by atoms with van der Waals surface area (Å²) in [7, 11) is 0. The van der Waals surface area contributed by atoms with E-state index in [-0.39, 0.29) is 41.6 Å². The van der Waals surface area contributed by atoms with Crippen LogP contribution in [0.25, 0.3) is 11.4 Å². The van der Waals surface area contributed by atoms with Crippen molar-refractivity contribution < 1.29 is 41.0 Å². The summed E-state index contributed by atoms with van der Waals surface area (Å²) >= 11 is 5.87. The number of aliphatic hydroxyl groups is 1. The van der Waals surface area contributed by atoms with Crippen molar-refractivity contribution in [2.45, 2.75) is 37.6 Å². The van der Waals surface area contributed by atoms with E-state index in [1.165, 1.54) is 35.2 Å². The Morgan fingerprint density at radius 1 is 1.07 bits per heavy atom. The lowest BCUT2D eigenvalue weighted by molar-refractivity contribution is -0.207. The zero-order chi connectivity index (χ0) is 30.8. The van der Waals surface area contributed by atoms with Crippen LogP contribution >= 0.6 is 11.6 Å².